The Labute approximate surface area is 131 Å². The van der Waals surface area contributed by atoms with Gasteiger partial charge in [-0.05, 0) is 31.5 Å². The van der Waals surface area contributed by atoms with Gasteiger partial charge >= 0.3 is 11.9 Å². The van der Waals surface area contributed by atoms with Crippen molar-refractivity contribution in [2.75, 3.05) is 6.54 Å². The van der Waals surface area contributed by atoms with Gasteiger partial charge in [0.25, 0.3) is 0 Å². The molecule has 1 aromatic rings. The standard InChI is InChI=1S/C14H16ClNO4S/c1-8(7-10(17)11-4-5-12(15)21-11)13(18)20-14(19)9-3-2-6-16-9/h4-5,8-9,16H,2-3,6-7H2,1H3/t8?,9-/m0/s1. The van der Waals surface area contributed by atoms with Gasteiger partial charge in [-0.2, -0.15) is 0 Å². The molecule has 1 aliphatic rings. The Morgan fingerprint density at radius 2 is 2.24 bits per heavy atom. The molecule has 2 atom stereocenters. The number of hydrogen-bond acceptors (Lipinski definition) is 6. The van der Waals surface area contributed by atoms with Crippen LogP contribution in [0.2, 0.25) is 4.34 Å². The molecule has 0 amide bonds. The van der Waals surface area contributed by atoms with Crippen LogP contribution in [0.25, 0.3) is 0 Å². The molecular formula is C14H16ClNO4S. The highest BCUT2D eigenvalue weighted by Gasteiger charge is 2.28. The smallest absolute Gasteiger partial charge is 0.330 e. The van der Waals surface area contributed by atoms with E-state index in [1.807, 2.05) is 0 Å². The van der Waals surface area contributed by atoms with Gasteiger partial charge in [-0.3, -0.25) is 9.59 Å². The minimum Gasteiger partial charge on any atom is -0.392 e. The molecule has 0 spiro atoms. The molecule has 1 aliphatic heterocycles. The number of esters is 2. The van der Waals surface area contributed by atoms with Crippen molar-refractivity contribution in [2.45, 2.75) is 32.2 Å². The molecule has 5 nitrogen and oxygen atoms in total. The molecule has 0 saturated carbocycles. The highest BCUT2D eigenvalue weighted by atomic mass is 35.5. The Kier molecular flexibility index (Phi) is 5.50. The summed E-state index contributed by atoms with van der Waals surface area (Å²) in [6, 6.07) is 2.85. The number of hydrogen-bond donors (Lipinski definition) is 1. The minimum atomic E-state index is -0.663. The van der Waals surface area contributed by atoms with Crippen molar-refractivity contribution >= 4 is 40.7 Å². The fourth-order valence-corrected chi connectivity index (χ4v) is 3.07. The number of carbonyl (C=O) groups is 3. The molecule has 1 unspecified atom stereocenters. The Morgan fingerprint density at radius 3 is 2.81 bits per heavy atom. The molecule has 1 fully saturated rings. The highest BCUT2D eigenvalue weighted by molar-refractivity contribution is 7.18. The summed E-state index contributed by atoms with van der Waals surface area (Å²) in [5.41, 5.74) is 0. The number of Topliss-reactive ketones (excluding diaryl/α,β-unsaturated/α-hetero) is 1. The Balaban J connectivity index is 1.84. The lowest BCUT2D eigenvalue weighted by Crippen LogP contribution is -2.35. The molecule has 0 radical (unpaired) electrons. The van der Waals surface area contributed by atoms with Gasteiger partial charge < -0.3 is 10.1 Å². The number of rotatable bonds is 5. The number of carbonyl (C=O) groups excluding carboxylic acids is 3. The maximum absolute atomic E-state index is 12.0. The Bertz CT molecular complexity index is 551. The van der Waals surface area contributed by atoms with Crippen LogP contribution in [-0.2, 0) is 14.3 Å². The van der Waals surface area contributed by atoms with E-state index in [-0.39, 0.29) is 12.2 Å². The monoisotopic (exact) mass is 329 g/mol. The van der Waals surface area contributed by atoms with Crippen molar-refractivity contribution in [1.29, 1.82) is 0 Å². The molecule has 1 aromatic heterocycles. The van der Waals surface area contributed by atoms with E-state index in [9.17, 15) is 14.4 Å². The third-order valence-corrected chi connectivity index (χ3v) is 4.56. The predicted octanol–water partition coefficient (Wildman–Crippen LogP) is 2.43. The van der Waals surface area contributed by atoms with Gasteiger partial charge in [0.05, 0.1) is 15.1 Å². The van der Waals surface area contributed by atoms with Crippen LogP contribution in [-0.4, -0.2) is 30.3 Å². The topological polar surface area (TPSA) is 72.5 Å². The number of halogens is 1. The van der Waals surface area contributed by atoms with Gasteiger partial charge in [0.1, 0.15) is 6.04 Å². The number of ketones is 1. The van der Waals surface area contributed by atoms with Gasteiger partial charge in [-0.1, -0.05) is 18.5 Å². The van der Waals surface area contributed by atoms with E-state index in [2.05, 4.69) is 5.32 Å². The molecular weight excluding hydrogens is 314 g/mol. The molecule has 1 saturated heterocycles. The number of thiophene rings is 1. The average Bonchev–Trinajstić information content (AvgIpc) is 3.09. The molecule has 2 heterocycles. The van der Waals surface area contributed by atoms with Crippen LogP contribution in [0.3, 0.4) is 0 Å². The fraction of sp³-hybridized carbons (Fsp3) is 0.500. The van der Waals surface area contributed by atoms with Gasteiger partial charge in [-0.25, -0.2) is 4.79 Å². The van der Waals surface area contributed by atoms with Crippen LogP contribution in [0, 0.1) is 5.92 Å². The predicted molar refractivity (Wildman–Crippen MR) is 79.6 cm³/mol. The maximum atomic E-state index is 12.0. The molecule has 0 aliphatic carbocycles. The maximum Gasteiger partial charge on any atom is 0.330 e. The Morgan fingerprint density at radius 1 is 1.48 bits per heavy atom. The quantitative estimate of drug-likeness (QED) is 0.510. The van der Waals surface area contributed by atoms with E-state index < -0.39 is 23.9 Å². The zero-order valence-corrected chi connectivity index (χ0v) is 13.1. The van der Waals surface area contributed by atoms with Gasteiger partial charge in [0, 0.05) is 6.42 Å². The average molecular weight is 330 g/mol. The van der Waals surface area contributed by atoms with E-state index >= 15 is 0 Å². The first-order valence-electron chi connectivity index (χ1n) is 6.75. The largest absolute Gasteiger partial charge is 0.392 e. The van der Waals surface area contributed by atoms with Crippen molar-refractivity contribution in [2.24, 2.45) is 5.92 Å². The first-order valence-corrected chi connectivity index (χ1v) is 7.94. The first kappa shape index (κ1) is 16.1. The van der Waals surface area contributed by atoms with Gasteiger partial charge in [0.15, 0.2) is 5.78 Å². The molecule has 2 rings (SSSR count). The normalized spacial score (nSPS) is 19.2. The summed E-state index contributed by atoms with van der Waals surface area (Å²) >= 11 is 6.94. The van der Waals surface area contributed by atoms with Crippen LogP contribution in [0.5, 0.6) is 0 Å². The van der Waals surface area contributed by atoms with Crippen molar-refractivity contribution in [3.8, 4) is 0 Å². The van der Waals surface area contributed by atoms with Crippen LogP contribution in [0.15, 0.2) is 12.1 Å². The zero-order valence-electron chi connectivity index (χ0n) is 11.6. The molecule has 0 bridgehead atoms. The molecule has 1 N–H and O–H groups in total. The summed E-state index contributed by atoms with van der Waals surface area (Å²) in [4.78, 5) is 36.0. The first-order chi connectivity index (χ1) is 9.97. The van der Waals surface area contributed by atoms with Gasteiger partial charge in [-0.15, -0.1) is 11.3 Å². The van der Waals surface area contributed by atoms with Crippen LogP contribution in [0.4, 0.5) is 0 Å². The third-order valence-electron chi connectivity index (χ3n) is 3.29. The van der Waals surface area contributed by atoms with Crippen LogP contribution >= 0.6 is 22.9 Å². The molecule has 7 heteroatoms. The third kappa shape index (κ3) is 4.36. The van der Waals surface area contributed by atoms with E-state index in [4.69, 9.17) is 16.3 Å². The Hall–Kier alpha value is -1.24. The molecule has 21 heavy (non-hydrogen) atoms. The second-order valence-electron chi connectivity index (χ2n) is 5.02. The summed E-state index contributed by atoms with van der Waals surface area (Å²) in [6.07, 6.45) is 1.56. The number of nitrogens with one attached hydrogen (secondary N) is 1. The van der Waals surface area contributed by atoms with Crippen LogP contribution in [0.1, 0.15) is 35.9 Å². The minimum absolute atomic E-state index is 0.00104. The van der Waals surface area contributed by atoms with Crippen molar-refractivity contribution < 1.29 is 19.1 Å². The summed E-state index contributed by atoms with van der Waals surface area (Å²) in [5.74, 6) is -2.06. The van der Waals surface area contributed by atoms with E-state index in [0.717, 1.165) is 13.0 Å². The zero-order chi connectivity index (χ0) is 15.4. The lowest BCUT2D eigenvalue weighted by molar-refractivity contribution is -0.163. The van der Waals surface area contributed by atoms with Crippen molar-refractivity contribution in [3.05, 3.63) is 21.3 Å². The summed E-state index contributed by atoms with van der Waals surface area (Å²) in [7, 11) is 0. The summed E-state index contributed by atoms with van der Waals surface area (Å²) in [6.45, 7) is 2.33. The summed E-state index contributed by atoms with van der Waals surface area (Å²) < 4.78 is 5.35. The number of ether oxygens (including phenoxy) is 1. The van der Waals surface area contributed by atoms with E-state index in [1.54, 1.807) is 19.1 Å². The lowest BCUT2D eigenvalue weighted by atomic mass is 10.0. The second-order valence-corrected chi connectivity index (χ2v) is 6.74. The van der Waals surface area contributed by atoms with E-state index in [0.29, 0.717) is 15.6 Å². The lowest BCUT2D eigenvalue weighted by Gasteiger charge is -2.12. The van der Waals surface area contributed by atoms with E-state index in [1.165, 1.54) is 11.3 Å². The van der Waals surface area contributed by atoms with Gasteiger partial charge in [0.2, 0.25) is 0 Å². The fourth-order valence-electron chi connectivity index (χ4n) is 2.08. The molecule has 114 valence electrons. The molecule has 0 aromatic carbocycles. The van der Waals surface area contributed by atoms with Crippen molar-refractivity contribution in [3.63, 3.8) is 0 Å². The highest BCUT2D eigenvalue weighted by Crippen LogP contribution is 2.24. The summed E-state index contributed by atoms with van der Waals surface area (Å²) in [5, 5.41) is 2.96. The second kappa shape index (κ2) is 7.15. The SMILES string of the molecule is CC(CC(=O)c1ccc(Cl)s1)C(=O)OC(=O)[C@@H]1CCCN1. The van der Waals surface area contributed by atoms with Crippen LogP contribution < -0.4 is 5.32 Å². The van der Waals surface area contributed by atoms with Crippen molar-refractivity contribution in [1.82, 2.24) is 5.32 Å².